The van der Waals surface area contributed by atoms with E-state index in [0.29, 0.717) is 0 Å². The van der Waals surface area contributed by atoms with Gasteiger partial charge in [0.05, 0.1) is 0 Å². The molecule has 2 N–H and O–H groups in total. The van der Waals surface area contributed by atoms with E-state index in [9.17, 15) is 29.4 Å². The lowest BCUT2D eigenvalue weighted by atomic mass is 10.0. The van der Waals surface area contributed by atoms with Gasteiger partial charge in [-0.2, -0.15) is 0 Å². The molecule has 8 nitrogen and oxygen atoms in total. The third-order valence-electron chi connectivity index (χ3n) is 6.10. The molecule has 8 heteroatoms. The van der Waals surface area contributed by atoms with Crippen molar-refractivity contribution in [3.05, 3.63) is 120 Å². The van der Waals surface area contributed by atoms with E-state index in [4.69, 9.17) is 9.47 Å². The van der Waals surface area contributed by atoms with Gasteiger partial charge in [-0.3, -0.25) is 9.59 Å². The van der Waals surface area contributed by atoms with Crippen LogP contribution in [0.3, 0.4) is 0 Å². The molecule has 0 amide bonds. The molecule has 0 aliphatic rings. The molecule has 2 atom stereocenters. The SMILES string of the molecule is O=C(COC(=O)C(O)C(O)C(=O)OCC(=O)c1ccc(-c2ccccc2)cc1)c1ccc(-c2ccccc2)cc1. The lowest BCUT2D eigenvalue weighted by Gasteiger charge is -2.15. The quantitative estimate of drug-likeness (QED) is 0.218. The number of benzene rings is 4. The van der Waals surface area contributed by atoms with Crippen LogP contribution in [0.2, 0.25) is 0 Å². The molecule has 4 rings (SSSR count). The van der Waals surface area contributed by atoms with E-state index in [-0.39, 0.29) is 11.1 Å². The summed E-state index contributed by atoms with van der Waals surface area (Å²) >= 11 is 0. The summed E-state index contributed by atoms with van der Waals surface area (Å²) in [5.74, 6) is -3.86. The monoisotopic (exact) mass is 538 g/mol. The highest BCUT2D eigenvalue weighted by atomic mass is 16.6. The van der Waals surface area contributed by atoms with Gasteiger partial charge < -0.3 is 19.7 Å². The van der Waals surface area contributed by atoms with Crippen LogP contribution >= 0.6 is 0 Å². The van der Waals surface area contributed by atoms with Crippen LogP contribution in [0, 0.1) is 0 Å². The number of rotatable bonds is 11. The third kappa shape index (κ3) is 7.13. The average molecular weight is 539 g/mol. The van der Waals surface area contributed by atoms with Crippen LogP contribution in [0.1, 0.15) is 20.7 Å². The van der Waals surface area contributed by atoms with E-state index in [2.05, 4.69) is 0 Å². The molecule has 0 saturated carbocycles. The van der Waals surface area contributed by atoms with Crippen molar-refractivity contribution in [1.29, 1.82) is 0 Å². The highest BCUT2D eigenvalue weighted by molar-refractivity contribution is 5.99. The lowest BCUT2D eigenvalue weighted by molar-refractivity contribution is -0.171. The number of ketones is 2. The first-order valence-electron chi connectivity index (χ1n) is 12.4. The minimum Gasteiger partial charge on any atom is -0.455 e. The predicted octanol–water partition coefficient (Wildman–Crippen LogP) is 3.89. The Labute approximate surface area is 230 Å². The van der Waals surface area contributed by atoms with Gasteiger partial charge in [-0.1, -0.05) is 109 Å². The minimum atomic E-state index is -2.30. The van der Waals surface area contributed by atoms with Gasteiger partial charge in [0.15, 0.2) is 37.0 Å². The van der Waals surface area contributed by atoms with Crippen molar-refractivity contribution in [3.63, 3.8) is 0 Å². The number of ether oxygens (including phenoxy) is 2. The smallest absolute Gasteiger partial charge is 0.338 e. The largest absolute Gasteiger partial charge is 0.455 e. The van der Waals surface area contributed by atoms with Gasteiger partial charge in [0.1, 0.15) is 0 Å². The first-order chi connectivity index (χ1) is 19.3. The van der Waals surface area contributed by atoms with Gasteiger partial charge in [-0.15, -0.1) is 0 Å². The van der Waals surface area contributed by atoms with E-state index < -0.39 is 48.9 Å². The molecule has 202 valence electrons. The number of hydrogen-bond acceptors (Lipinski definition) is 8. The number of aliphatic hydroxyl groups is 2. The first-order valence-corrected chi connectivity index (χ1v) is 12.4. The normalized spacial score (nSPS) is 12.2. The molecule has 0 aromatic heterocycles. The number of carbonyl (C=O) groups excluding carboxylic acids is 4. The number of hydrogen-bond donors (Lipinski definition) is 2. The Bertz CT molecular complexity index is 1350. The standard InChI is InChI=1S/C32H26O8/c33-27(25-15-11-23(12-16-25)21-7-3-1-4-8-21)19-39-31(37)29(35)30(36)32(38)40-20-28(34)26-17-13-24(14-18-26)22-9-5-2-6-10-22/h1-18,29-30,35-36H,19-20H2. The van der Waals surface area contributed by atoms with Crippen LogP contribution in [0.4, 0.5) is 0 Å². The Morgan fingerprint density at radius 3 is 1.10 bits per heavy atom. The summed E-state index contributed by atoms with van der Waals surface area (Å²) in [6, 6.07) is 32.4. The van der Waals surface area contributed by atoms with Gasteiger partial charge in [0, 0.05) is 11.1 Å². The number of carbonyl (C=O) groups is 4. The Kier molecular flexibility index (Phi) is 9.30. The topological polar surface area (TPSA) is 127 Å². The lowest BCUT2D eigenvalue weighted by Crippen LogP contribution is -2.42. The zero-order chi connectivity index (χ0) is 28.5. The van der Waals surface area contributed by atoms with Crippen molar-refractivity contribution in [1.82, 2.24) is 0 Å². The minimum absolute atomic E-state index is 0.275. The van der Waals surface area contributed by atoms with Crippen LogP contribution in [-0.2, 0) is 19.1 Å². The second kappa shape index (κ2) is 13.2. The Morgan fingerprint density at radius 2 is 0.775 bits per heavy atom. The molecule has 0 aliphatic heterocycles. The summed E-state index contributed by atoms with van der Waals surface area (Å²) < 4.78 is 9.55. The van der Waals surface area contributed by atoms with E-state index in [1.54, 1.807) is 48.5 Å². The molecule has 0 spiro atoms. The van der Waals surface area contributed by atoms with Crippen molar-refractivity contribution in [2.45, 2.75) is 12.2 Å². The fourth-order valence-electron chi connectivity index (χ4n) is 3.83. The van der Waals surface area contributed by atoms with Gasteiger partial charge in [0.25, 0.3) is 0 Å². The second-order valence-electron chi connectivity index (χ2n) is 8.84. The second-order valence-corrected chi connectivity index (χ2v) is 8.84. The summed E-state index contributed by atoms with van der Waals surface area (Å²) in [7, 11) is 0. The molecule has 0 radical (unpaired) electrons. The number of esters is 2. The van der Waals surface area contributed by atoms with Crippen molar-refractivity contribution in [3.8, 4) is 22.3 Å². The maximum atomic E-state index is 12.4. The summed E-state index contributed by atoms with van der Waals surface area (Å²) in [6.45, 7) is -1.42. The summed E-state index contributed by atoms with van der Waals surface area (Å²) in [4.78, 5) is 49.0. The zero-order valence-corrected chi connectivity index (χ0v) is 21.3. The highest BCUT2D eigenvalue weighted by Crippen LogP contribution is 2.20. The molecule has 40 heavy (non-hydrogen) atoms. The van der Waals surface area contributed by atoms with Crippen LogP contribution < -0.4 is 0 Å². The average Bonchev–Trinajstić information content (AvgIpc) is 3.02. The molecular weight excluding hydrogens is 512 g/mol. The van der Waals surface area contributed by atoms with Gasteiger partial charge in [-0.05, 0) is 22.3 Å². The molecule has 0 aliphatic carbocycles. The van der Waals surface area contributed by atoms with Crippen molar-refractivity contribution in [2.24, 2.45) is 0 Å². The van der Waals surface area contributed by atoms with E-state index in [1.165, 1.54) is 0 Å². The summed E-state index contributed by atoms with van der Waals surface area (Å²) in [5, 5.41) is 20.0. The van der Waals surface area contributed by atoms with Crippen LogP contribution in [0.5, 0.6) is 0 Å². The Morgan fingerprint density at radius 1 is 0.475 bits per heavy atom. The van der Waals surface area contributed by atoms with Gasteiger partial charge >= 0.3 is 11.9 Å². The molecule has 2 unspecified atom stereocenters. The molecular formula is C32H26O8. The van der Waals surface area contributed by atoms with Crippen LogP contribution in [0.25, 0.3) is 22.3 Å². The molecule has 0 fully saturated rings. The predicted molar refractivity (Wildman–Crippen MR) is 146 cm³/mol. The Balaban J connectivity index is 1.23. The van der Waals surface area contributed by atoms with Crippen molar-refractivity contribution >= 4 is 23.5 Å². The fourth-order valence-corrected chi connectivity index (χ4v) is 3.83. The third-order valence-corrected chi connectivity index (χ3v) is 6.10. The van der Waals surface area contributed by atoms with Crippen LogP contribution in [-0.4, -0.2) is 59.1 Å². The molecule has 0 bridgehead atoms. The van der Waals surface area contributed by atoms with E-state index in [0.717, 1.165) is 22.3 Å². The van der Waals surface area contributed by atoms with Crippen LogP contribution in [0.15, 0.2) is 109 Å². The molecule has 4 aromatic carbocycles. The fraction of sp³-hybridized carbons (Fsp3) is 0.125. The number of Topliss-reactive ketones (excluding diaryl/α,β-unsaturated/α-hetero) is 2. The molecule has 4 aromatic rings. The summed E-state index contributed by atoms with van der Waals surface area (Å²) in [6.07, 6.45) is -4.61. The Hall–Kier alpha value is -4.92. The van der Waals surface area contributed by atoms with E-state index in [1.807, 2.05) is 60.7 Å². The van der Waals surface area contributed by atoms with E-state index >= 15 is 0 Å². The number of aliphatic hydroxyl groups excluding tert-OH is 2. The maximum Gasteiger partial charge on any atom is 0.338 e. The zero-order valence-electron chi connectivity index (χ0n) is 21.3. The van der Waals surface area contributed by atoms with Gasteiger partial charge in [0.2, 0.25) is 0 Å². The highest BCUT2D eigenvalue weighted by Gasteiger charge is 2.33. The summed E-state index contributed by atoms with van der Waals surface area (Å²) in [5.41, 5.74) is 4.29. The molecule has 0 saturated heterocycles. The van der Waals surface area contributed by atoms with Gasteiger partial charge in [-0.25, -0.2) is 9.59 Å². The first kappa shape index (κ1) is 28.1. The maximum absolute atomic E-state index is 12.4. The van der Waals surface area contributed by atoms with Crippen molar-refractivity contribution in [2.75, 3.05) is 13.2 Å². The van der Waals surface area contributed by atoms with Crippen molar-refractivity contribution < 1.29 is 38.9 Å². The molecule has 0 heterocycles.